The van der Waals surface area contributed by atoms with Gasteiger partial charge in [-0.15, -0.1) is 0 Å². The molecule has 0 unspecified atom stereocenters. The van der Waals surface area contributed by atoms with E-state index < -0.39 is 35.8 Å². The lowest BCUT2D eigenvalue weighted by molar-refractivity contribution is -0.308. The first-order chi connectivity index (χ1) is 7.41. The minimum absolute atomic E-state index is 0.297. The van der Waals surface area contributed by atoms with Crippen molar-refractivity contribution < 1.29 is 34.8 Å². The molecule has 0 saturated carbocycles. The molecule has 1 rings (SSSR count). The second-order valence-corrected chi connectivity index (χ2v) is 2.81. The predicted molar refractivity (Wildman–Crippen MR) is 46.7 cm³/mol. The van der Waals surface area contributed by atoms with Gasteiger partial charge >= 0.3 is 5.97 Å². The van der Waals surface area contributed by atoms with Gasteiger partial charge in [0.1, 0.15) is 6.61 Å². The zero-order valence-electron chi connectivity index (χ0n) is 7.84. The molecule has 0 heterocycles. The van der Waals surface area contributed by atoms with Crippen molar-refractivity contribution in [3.05, 3.63) is 17.7 Å². The summed E-state index contributed by atoms with van der Waals surface area (Å²) in [5.74, 6) is -4.88. The summed E-state index contributed by atoms with van der Waals surface area (Å²) in [6.45, 7) is -0.943. The van der Waals surface area contributed by atoms with E-state index in [0.29, 0.717) is 0 Å². The van der Waals surface area contributed by atoms with Gasteiger partial charge in [0.15, 0.2) is 17.2 Å². The number of rotatable bonds is 3. The van der Waals surface area contributed by atoms with Crippen molar-refractivity contribution in [2.24, 2.45) is 0 Å². The molecule has 0 bridgehead atoms. The molecular weight excluding hydrogens is 220 g/mol. The van der Waals surface area contributed by atoms with E-state index in [0.717, 1.165) is 12.1 Å². The van der Waals surface area contributed by atoms with Gasteiger partial charge in [-0.3, -0.25) is 0 Å². The van der Waals surface area contributed by atoms with Crippen molar-refractivity contribution in [2.75, 3.05) is 6.61 Å². The lowest BCUT2D eigenvalue weighted by Crippen LogP contribution is -2.28. The van der Waals surface area contributed by atoms with E-state index in [4.69, 9.17) is 15.3 Å². The monoisotopic (exact) mass is 227 g/mol. The normalized spacial score (nSPS) is 9.75. The molecule has 86 valence electrons. The Bertz CT molecular complexity index is 414. The van der Waals surface area contributed by atoms with E-state index in [1.807, 2.05) is 0 Å². The molecule has 1 aromatic rings. The summed E-state index contributed by atoms with van der Waals surface area (Å²) in [5.41, 5.74) is -0.297. The molecule has 16 heavy (non-hydrogen) atoms. The van der Waals surface area contributed by atoms with Gasteiger partial charge in [-0.25, -0.2) is 4.79 Å². The van der Waals surface area contributed by atoms with Crippen LogP contribution in [0.4, 0.5) is 0 Å². The molecule has 7 heteroatoms. The van der Waals surface area contributed by atoms with Crippen molar-refractivity contribution in [1.29, 1.82) is 0 Å². The van der Waals surface area contributed by atoms with Gasteiger partial charge in [0, 0.05) is 0 Å². The first-order valence-electron chi connectivity index (χ1n) is 4.03. The van der Waals surface area contributed by atoms with Crippen molar-refractivity contribution in [1.82, 2.24) is 0 Å². The lowest BCUT2D eigenvalue weighted by Gasteiger charge is -2.07. The fraction of sp³-hybridized carbons (Fsp3) is 0.111. The zero-order valence-corrected chi connectivity index (χ0v) is 7.84. The fourth-order valence-electron chi connectivity index (χ4n) is 0.930. The highest BCUT2D eigenvalue weighted by molar-refractivity contribution is 5.92. The second-order valence-electron chi connectivity index (χ2n) is 2.81. The van der Waals surface area contributed by atoms with Gasteiger partial charge in [0.2, 0.25) is 0 Å². The molecule has 0 aliphatic heterocycles. The first-order valence-corrected chi connectivity index (χ1v) is 4.03. The van der Waals surface area contributed by atoms with Crippen molar-refractivity contribution in [3.63, 3.8) is 0 Å². The van der Waals surface area contributed by atoms with Crippen molar-refractivity contribution in [2.45, 2.75) is 0 Å². The Labute approximate surface area is 89.1 Å². The summed E-state index contributed by atoms with van der Waals surface area (Å²) in [5, 5.41) is 37.1. The van der Waals surface area contributed by atoms with Gasteiger partial charge in [-0.1, -0.05) is 0 Å². The van der Waals surface area contributed by atoms with Crippen LogP contribution >= 0.6 is 0 Å². The Balaban J connectivity index is 2.88. The number of benzene rings is 1. The number of phenols is 3. The van der Waals surface area contributed by atoms with Crippen LogP contribution in [0, 0.1) is 0 Å². The van der Waals surface area contributed by atoms with Crippen LogP contribution in [0.3, 0.4) is 0 Å². The number of phenolic OH excluding ortho intramolecular Hbond substituents is 3. The third-order valence-corrected chi connectivity index (χ3v) is 1.63. The van der Waals surface area contributed by atoms with E-state index in [2.05, 4.69) is 4.74 Å². The van der Waals surface area contributed by atoms with E-state index in [9.17, 15) is 14.7 Å². The summed E-state index contributed by atoms with van der Waals surface area (Å²) in [6.07, 6.45) is 0. The summed E-state index contributed by atoms with van der Waals surface area (Å²) >= 11 is 0. The number of hydrogen-bond acceptors (Lipinski definition) is 7. The Kier molecular flexibility index (Phi) is 3.19. The molecule has 0 radical (unpaired) electrons. The van der Waals surface area contributed by atoms with Crippen LogP contribution < -0.4 is 5.11 Å². The molecule has 3 N–H and O–H groups in total. The highest BCUT2D eigenvalue weighted by Crippen LogP contribution is 2.35. The van der Waals surface area contributed by atoms with Gasteiger partial charge in [-0.2, -0.15) is 0 Å². The van der Waals surface area contributed by atoms with Crippen molar-refractivity contribution >= 4 is 11.9 Å². The molecular formula is C9H7O7-. The third kappa shape index (κ3) is 2.53. The van der Waals surface area contributed by atoms with Crippen LogP contribution in [0.5, 0.6) is 17.2 Å². The topological polar surface area (TPSA) is 127 Å². The maximum absolute atomic E-state index is 11.1. The Morgan fingerprint density at radius 1 is 1.19 bits per heavy atom. The van der Waals surface area contributed by atoms with E-state index in [1.54, 1.807) is 0 Å². The molecule has 0 aliphatic rings. The first kappa shape index (κ1) is 11.6. The zero-order chi connectivity index (χ0) is 12.3. The van der Waals surface area contributed by atoms with E-state index in [1.165, 1.54) is 0 Å². The molecule has 0 amide bonds. The van der Waals surface area contributed by atoms with Crippen molar-refractivity contribution in [3.8, 4) is 17.2 Å². The molecule has 1 aromatic carbocycles. The molecule has 0 atom stereocenters. The number of aliphatic carboxylic acids is 1. The number of ether oxygens (including phenoxy) is 1. The summed E-state index contributed by atoms with van der Waals surface area (Å²) in [6, 6.07) is 1.65. The Hall–Kier alpha value is -2.44. The fourth-order valence-corrected chi connectivity index (χ4v) is 0.930. The average Bonchev–Trinajstić information content (AvgIpc) is 2.21. The highest BCUT2D eigenvalue weighted by Gasteiger charge is 2.14. The number of carbonyl (C=O) groups is 2. The minimum Gasteiger partial charge on any atom is -0.546 e. The lowest BCUT2D eigenvalue weighted by atomic mass is 10.2. The maximum Gasteiger partial charge on any atom is 0.338 e. The molecule has 0 aromatic heterocycles. The molecule has 7 nitrogen and oxygen atoms in total. The summed E-state index contributed by atoms with van der Waals surface area (Å²) in [4.78, 5) is 21.1. The van der Waals surface area contributed by atoms with Crippen LogP contribution in [-0.4, -0.2) is 33.9 Å². The quantitative estimate of drug-likeness (QED) is 0.433. The molecule has 0 fully saturated rings. The van der Waals surface area contributed by atoms with Crippen LogP contribution in [0.25, 0.3) is 0 Å². The maximum atomic E-state index is 11.1. The number of carboxylic acids is 1. The summed E-state index contributed by atoms with van der Waals surface area (Å²) in [7, 11) is 0. The van der Waals surface area contributed by atoms with Crippen LogP contribution in [0.2, 0.25) is 0 Å². The molecule has 0 saturated heterocycles. The average molecular weight is 227 g/mol. The van der Waals surface area contributed by atoms with E-state index >= 15 is 0 Å². The number of hydrogen-bond donors (Lipinski definition) is 3. The molecule has 0 spiro atoms. The van der Waals surface area contributed by atoms with Crippen LogP contribution in [0.1, 0.15) is 10.4 Å². The van der Waals surface area contributed by atoms with Crippen LogP contribution in [0.15, 0.2) is 12.1 Å². The van der Waals surface area contributed by atoms with Gasteiger partial charge in [0.05, 0.1) is 11.5 Å². The van der Waals surface area contributed by atoms with Gasteiger partial charge in [-0.05, 0) is 12.1 Å². The SMILES string of the molecule is O=C([O-])COC(=O)c1cc(O)c(O)c(O)c1. The third-order valence-electron chi connectivity index (χ3n) is 1.63. The van der Waals surface area contributed by atoms with Gasteiger partial charge < -0.3 is 30.0 Å². The Morgan fingerprint density at radius 3 is 2.12 bits per heavy atom. The number of aromatic hydroxyl groups is 3. The predicted octanol–water partition coefficient (Wildman–Crippen LogP) is -1.29. The minimum atomic E-state index is -1.58. The summed E-state index contributed by atoms with van der Waals surface area (Å²) < 4.78 is 4.23. The number of carbonyl (C=O) groups excluding carboxylic acids is 2. The van der Waals surface area contributed by atoms with Gasteiger partial charge in [0.25, 0.3) is 0 Å². The smallest absolute Gasteiger partial charge is 0.338 e. The largest absolute Gasteiger partial charge is 0.546 e. The second kappa shape index (κ2) is 4.39. The standard InChI is InChI=1S/C9H8O7/c10-5-1-4(2-6(11)8(5)14)9(15)16-3-7(12)13/h1-2,10-11,14H,3H2,(H,12,13)/p-1. The molecule has 0 aliphatic carbocycles. The highest BCUT2D eigenvalue weighted by atomic mass is 16.5. The number of esters is 1. The Morgan fingerprint density at radius 2 is 1.69 bits per heavy atom. The van der Waals surface area contributed by atoms with E-state index in [-0.39, 0.29) is 5.56 Å². The van der Waals surface area contributed by atoms with Crippen LogP contribution in [-0.2, 0) is 9.53 Å². The number of carboxylic acid groups (broad SMARTS) is 1.